The van der Waals surface area contributed by atoms with Gasteiger partial charge in [-0.25, -0.2) is 5.01 Å². The van der Waals surface area contributed by atoms with E-state index < -0.39 is 5.92 Å². The highest BCUT2D eigenvalue weighted by molar-refractivity contribution is 6.42. The van der Waals surface area contributed by atoms with E-state index in [1.54, 1.807) is 29.4 Å². The van der Waals surface area contributed by atoms with Crippen LogP contribution in [0.1, 0.15) is 10.4 Å². The van der Waals surface area contributed by atoms with Gasteiger partial charge in [-0.2, -0.15) is 5.10 Å². The van der Waals surface area contributed by atoms with Gasteiger partial charge in [0.05, 0.1) is 15.7 Å². The van der Waals surface area contributed by atoms with Crippen molar-refractivity contribution in [3.8, 4) is 0 Å². The second-order valence-electron chi connectivity index (χ2n) is 5.02. The number of hydrazone groups is 1. The molecule has 2 aromatic carbocycles. The Morgan fingerprint density at radius 2 is 1.83 bits per heavy atom. The Bertz CT molecular complexity index is 803. The summed E-state index contributed by atoms with van der Waals surface area (Å²) in [5.74, 6) is -0.562. The van der Waals surface area contributed by atoms with Gasteiger partial charge in [-0.3, -0.25) is 4.79 Å². The number of hydrogen-bond acceptors (Lipinski definition) is 4. The maximum atomic E-state index is 12.6. The quantitative estimate of drug-likeness (QED) is 0.852. The normalized spacial score (nSPS) is 17.0. The molecule has 4 nitrogen and oxygen atoms in total. The number of carbonyl (C=O) groups excluding carboxylic acids is 1. The Labute approximate surface area is 143 Å². The molecule has 1 unspecified atom stereocenters. The van der Waals surface area contributed by atoms with Crippen LogP contribution in [-0.2, 0) is 0 Å². The molecule has 2 aromatic rings. The number of hydrogen-bond donors (Lipinski definition) is 1. The van der Waals surface area contributed by atoms with E-state index in [1.165, 1.54) is 6.07 Å². The zero-order valence-corrected chi connectivity index (χ0v) is 13.5. The van der Waals surface area contributed by atoms with Crippen molar-refractivity contribution in [1.29, 1.82) is 0 Å². The first-order valence-electron chi connectivity index (χ1n) is 6.92. The molecule has 1 aliphatic heterocycles. The monoisotopic (exact) mass is 345 g/mol. The number of halogens is 2. The van der Waals surface area contributed by atoms with E-state index in [0.717, 1.165) is 5.69 Å². The molecule has 0 aliphatic carbocycles. The molecule has 1 atom stereocenters. The van der Waals surface area contributed by atoms with E-state index in [0.29, 0.717) is 15.6 Å². The maximum Gasteiger partial charge on any atom is 0.177 e. The van der Waals surface area contributed by atoms with Gasteiger partial charge in [-0.1, -0.05) is 41.4 Å². The predicted molar refractivity (Wildman–Crippen MR) is 94.0 cm³/mol. The zero-order chi connectivity index (χ0) is 16.4. The number of Topliss-reactive ketones (excluding diaryl/α,β-unsaturated/α-hetero) is 1. The number of carbonyl (C=O) groups is 1. The largest absolute Gasteiger partial charge is 0.385 e. The van der Waals surface area contributed by atoms with Crippen LogP contribution in [0.15, 0.2) is 65.9 Å². The lowest BCUT2D eigenvalue weighted by atomic mass is 9.96. The van der Waals surface area contributed by atoms with E-state index in [9.17, 15) is 4.79 Å². The van der Waals surface area contributed by atoms with Gasteiger partial charge in [0.25, 0.3) is 0 Å². The SMILES string of the molecule is NC1=NN(c2ccccc2)C=CC1C(=O)c1ccc(Cl)c(Cl)c1. The highest BCUT2D eigenvalue weighted by atomic mass is 35.5. The lowest BCUT2D eigenvalue weighted by Gasteiger charge is -2.23. The molecule has 1 aliphatic rings. The molecular weight excluding hydrogens is 333 g/mol. The van der Waals surface area contributed by atoms with Gasteiger partial charge in [0, 0.05) is 11.8 Å². The highest BCUT2D eigenvalue weighted by Crippen LogP contribution is 2.25. The Morgan fingerprint density at radius 1 is 1.09 bits per heavy atom. The van der Waals surface area contributed by atoms with Crippen molar-refractivity contribution in [1.82, 2.24) is 0 Å². The molecular formula is C17H13Cl2N3O. The van der Waals surface area contributed by atoms with Crippen LogP contribution in [0.5, 0.6) is 0 Å². The average molecular weight is 346 g/mol. The molecule has 0 bridgehead atoms. The Hall–Kier alpha value is -2.30. The minimum absolute atomic E-state index is 0.172. The number of ketones is 1. The number of amidine groups is 1. The molecule has 0 spiro atoms. The Balaban J connectivity index is 1.84. The first-order valence-corrected chi connectivity index (χ1v) is 7.67. The van der Waals surface area contributed by atoms with Crippen LogP contribution in [0.4, 0.5) is 5.69 Å². The highest BCUT2D eigenvalue weighted by Gasteiger charge is 2.25. The van der Waals surface area contributed by atoms with Gasteiger partial charge >= 0.3 is 0 Å². The third kappa shape index (κ3) is 3.23. The molecule has 3 rings (SSSR count). The minimum atomic E-state index is -0.618. The summed E-state index contributed by atoms with van der Waals surface area (Å²) in [6, 6.07) is 14.3. The van der Waals surface area contributed by atoms with Crippen LogP contribution in [0.2, 0.25) is 10.0 Å². The molecule has 1 heterocycles. The predicted octanol–water partition coefficient (Wildman–Crippen LogP) is 4.10. The lowest BCUT2D eigenvalue weighted by molar-refractivity contribution is 0.0971. The molecule has 0 radical (unpaired) electrons. The second kappa shape index (κ2) is 6.44. The van der Waals surface area contributed by atoms with E-state index in [1.807, 2.05) is 30.3 Å². The van der Waals surface area contributed by atoms with Crippen molar-refractivity contribution in [2.45, 2.75) is 0 Å². The molecule has 0 aromatic heterocycles. The summed E-state index contributed by atoms with van der Waals surface area (Å²) in [6.45, 7) is 0. The van der Waals surface area contributed by atoms with Gasteiger partial charge in [0.2, 0.25) is 0 Å². The second-order valence-corrected chi connectivity index (χ2v) is 5.83. The van der Waals surface area contributed by atoms with E-state index in [4.69, 9.17) is 28.9 Å². The van der Waals surface area contributed by atoms with Crippen LogP contribution < -0.4 is 10.7 Å². The molecule has 0 fully saturated rings. The summed E-state index contributed by atoms with van der Waals surface area (Å²) in [5, 5.41) is 6.65. The fraction of sp³-hybridized carbons (Fsp3) is 0.0588. The number of anilines is 1. The van der Waals surface area contributed by atoms with Crippen molar-refractivity contribution in [3.63, 3.8) is 0 Å². The van der Waals surface area contributed by atoms with Gasteiger partial charge in [-0.15, -0.1) is 0 Å². The standard InChI is InChI=1S/C17H13Cl2N3O/c18-14-7-6-11(10-15(14)19)16(23)13-8-9-22(21-17(13)20)12-4-2-1-3-5-12/h1-10,13H,(H2,20,21). The van der Waals surface area contributed by atoms with Crippen LogP contribution in [0, 0.1) is 5.92 Å². The fourth-order valence-corrected chi connectivity index (χ4v) is 2.56. The maximum absolute atomic E-state index is 12.6. The van der Waals surface area contributed by atoms with Gasteiger partial charge in [-0.05, 0) is 36.4 Å². The van der Waals surface area contributed by atoms with Gasteiger partial charge in [0.15, 0.2) is 5.78 Å². The molecule has 23 heavy (non-hydrogen) atoms. The number of nitrogens with zero attached hydrogens (tertiary/aromatic N) is 2. The topological polar surface area (TPSA) is 58.7 Å². The Kier molecular flexibility index (Phi) is 4.37. The molecule has 0 amide bonds. The fourth-order valence-electron chi connectivity index (χ4n) is 2.26. The third-order valence-corrected chi connectivity index (χ3v) is 4.21. The van der Waals surface area contributed by atoms with Crippen LogP contribution in [-0.4, -0.2) is 11.6 Å². The summed E-state index contributed by atoms with van der Waals surface area (Å²) in [6.07, 6.45) is 3.45. The van der Waals surface area contributed by atoms with Gasteiger partial charge < -0.3 is 5.73 Å². The molecule has 2 N–H and O–H groups in total. The minimum Gasteiger partial charge on any atom is -0.385 e. The van der Waals surface area contributed by atoms with Crippen molar-refractivity contribution in [3.05, 3.63) is 76.4 Å². The van der Waals surface area contributed by atoms with E-state index >= 15 is 0 Å². The van der Waals surface area contributed by atoms with E-state index in [2.05, 4.69) is 5.10 Å². The number of nitrogens with two attached hydrogens (primary N) is 1. The van der Waals surface area contributed by atoms with Crippen LogP contribution in [0.25, 0.3) is 0 Å². The summed E-state index contributed by atoms with van der Waals surface area (Å²) in [5.41, 5.74) is 7.30. The summed E-state index contributed by atoms with van der Waals surface area (Å²) < 4.78 is 0. The van der Waals surface area contributed by atoms with Crippen molar-refractivity contribution in [2.75, 3.05) is 5.01 Å². The summed E-state index contributed by atoms with van der Waals surface area (Å²) >= 11 is 11.8. The van der Waals surface area contributed by atoms with Gasteiger partial charge in [0.1, 0.15) is 11.8 Å². The van der Waals surface area contributed by atoms with Crippen molar-refractivity contribution in [2.24, 2.45) is 16.8 Å². The summed E-state index contributed by atoms with van der Waals surface area (Å²) in [7, 11) is 0. The average Bonchev–Trinajstić information content (AvgIpc) is 2.57. The van der Waals surface area contributed by atoms with Crippen molar-refractivity contribution >= 4 is 40.5 Å². The van der Waals surface area contributed by atoms with Crippen molar-refractivity contribution < 1.29 is 4.79 Å². The first kappa shape index (κ1) is 15.6. The smallest absolute Gasteiger partial charge is 0.177 e. The van der Waals surface area contributed by atoms with Crippen LogP contribution in [0.3, 0.4) is 0 Å². The summed E-state index contributed by atoms with van der Waals surface area (Å²) in [4.78, 5) is 12.6. The zero-order valence-electron chi connectivity index (χ0n) is 12.0. The number of para-hydroxylation sites is 1. The lowest BCUT2D eigenvalue weighted by Crippen LogP contribution is -2.34. The van der Waals surface area contributed by atoms with Crippen LogP contribution >= 0.6 is 23.2 Å². The molecule has 0 saturated carbocycles. The number of benzene rings is 2. The third-order valence-electron chi connectivity index (χ3n) is 3.47. The molecule has 6 heteroatoms. The first-order chi connectivity index (χ1) is 11.1. The van der Waals surface area contributed by atoms with E-state index in [-0.39, 0.29) is 11.6 Å². The molecule has 0 saturated heterocycles. The number of rotatable bonds is 3. The Morgan fingerprint density at radius 3 is 2.48 bits per heavy atom. The molecule has 116 valence electrons.